The quantitative estimate of drug-likeness (QED) is 0.873. The van der Waals surface area contributed by atoms with Crippen molar-refractivity contribution in [2.75, 3.05) is 19.6 Å². The van der Waals surface area contributed by atoms with E-state index >= 15 is 0 Å². The van der Waals surface area contributed by atoms with Crippen molar-refractivity contribution in [3.63, 3.8) is 0 Å². The van der Waals surface area contributed by atoms with Crippen LogP contribution in [0.5, 0.6) is 0 Å². The molecule has 2 aromatic rings. The predicted molar refractivity (Wildman–Crippen MR) is 83.9 cm³/mol. The third-order valence-corrected chi connectivity index (χ3v) is 4.08. The van der Waals surface area contributed by atoms with Crippen molar-refractivity contribution in [1.29, 1.82) is 0 Å². The third-order valence-electron chi connectivity index (χ3n) is 4.08. The Balaban J connectivity index is 1.63. The Hall–Kier alpha value is -2.48. The number of carbonyl (C=O) groups excluding carboxylic acids is 1. The van der Waals surface area contributed by atoms with Gasteiger partial charge in [-0.05, 0) is 25.0 Å². The van der Waals surface area contributed by atoms with Crippen molar-refractivity contribution in [3.8, 4) is 0 Å². The zero-order chi connectivity index (χ0) is 16.2. The fraction of sp³-hybridized carbons (Fsp3) is 0.467. The van der Waals surface area contributed by atoms with Gasteiger partial charge in [-0.1, -0.05) is 0 Å². The number of ether oxygens (including phenoxy) is 1. The molecule has 2 N–H and O–H groups in total. The van der Waals surface area contributed by atoms with E-state index in [-0.39, 0.29) is 11.7 Å². The van der Waals surface area contributed by atoms with Crippen molar-refractivity contribution in [3.05, 3.63) is 34.9 Å². The largest absolute Gasteiger partial charge is 0.446 e. The number of nitrogens with two attached hydrogens (primary N) is 1. The maximum Gasteiger partial charge on any atom is 0.404 e. The van der Waals surface area contributed by atoms with Gasteiger partial charge in [-0.25, -0.2) is 14.8 Å². The molecule has 8 heteroatoms. The molecule has 1 aliphatic rings. The first-order valence-electron chi connectivity index (χ1n) is 7.62. The highest BCUT2D eigenvalue weighted by Gasteiger charge is 2.21. The summed E-state index contributed by atoms with van der Waals surface area (Å²) >= 11 is 0. The number of pyridine rings is 1. The fourth-order valence-electron chi connectivity index (χ4n) is 2.89. The van der Waals surface area contributed by atoms with Gasteiger partial charge in [0.1, 0.15) is 6.10 Å². The Bertz CT molecular complexity index is 752. The molecule has 0 spiro atoms. The highest BCUT2D eigenvalue weighted by molar-refractivity contribution is 5.69. The summed E-state index contributed by atoms with van der Waals surface area (Å²) in [6.07, 6.45) is 3.67. The van der Waals surface area contributed by atoms with Crippen LogP contribution in [0, 0.1) is 0 Å². The summed E-state index contributed by atoms with van der Waals surface area (Å²) in [7, 11) is 0. The van der Waals surface area contributed by atoms with Crippen molar-refractivity contribution >= 4 is 17.3 Å². The average Bonchev–Trinajstić information content (AvgIpc) is 2.55. The molecule has 3 heterocycles. The van der Waals surface area contributed by atoms with Crippen LogP contribution in [0.4, 0.5) is 4.79 Å². The number of aromatic nitrogens is 3. The van der Waals surface area contributed by atoms with Gasteiger partial charge in [0.15, 0.2) is 5.65 Å². The standard InChI is InChI=1S/C15H19N5O3/c16-15(22)23-11-3-6-19(7-4-11)8-9-20-12-2-1-5-17-14(12)18-10-13(20)21/h1-2,5,10-11H,3-4,6-9H2,(H2,16,22). The maximum absolute atomic E-state index is 12.1. The molecule has 0 saturated carbocycles. The lowest BCUT2D eigenvalue weighted by molar-refractivity contribution is 0.0554. The Morgan fingerprint density at radius 2 is 2.09 bits per heavy atom. The molecular formula is C15H19N5O3. The lowest BCUT2D eigenvalue weighted by atomic mass is 10.1. The van der Waals surface area contributed by atoms with E-state index in [9.17, 15) is 9.59 Å². The molecule has 0 aliphatic carbocycles. The topological polar surface area (TPSA) is 103 Å². The second-order valence-electron chi connectivity index (χ2n) is 5.57. The third kappa shape index (κ3) is 3.65. The number of hydrogen-bond acceptors (Lipinski definition) is 6. The molecule has 0 radical (unpaired) electrons. The normalized spacial score (nSPS) is 16.5. The van der Waals surface area contributed by atoms with E-state index in [2.05, 4.69) is 14.9 Å². The molecule has 1 aliphatic heterocycles. The minimum atomic E-state index is -0.717. The van der Waals surface area contributed by atoms with Crippen LogP contribution in [0.15, 0.2) is 29.3 Å². The van der Waals surface area contributed by atoms with Gasteiger partial charge in [0.25, 0.3) is 5.56 Å². The Morgan fingerprint density at radius 1 is 1.30 bits per heavy atom. The number of hydrogen-bond donors (Lipinski definition) is 1. The first-order chi connectivity index (χ1) is 11.1. The van der Waals surface area contributed by atoms with E-state index in [1.807, 2.05) is 6.07 Å². The molecule has 0 aromatic carbocycles. The highest BCUT2D eigenvalue weighted by atomic mass is 16.6. The summed E-state index contributed by atoms with van der Waals surface area (Å²) < 4.78 is 6.72. The Labute approximate surface area is 132 Å². The molecule has 8 nitrogen and oxygen atoms in total. The van der Waals surface area contributed by atoms with Crippen LogP contribution >= 0.6 is 0 Å². The van der Waals surface area contributed by atoms with Crippen LogP contribution in [-0.2, 0) is 11.3 Å². The van der Waals surface area contributed by atoms with Gasteiger partial charge in [0, 0.05) is 32.4 Å². The number of likely N-dealkylation sites (tertiary alicyclic amines) is 1. The van der Waals surface area contributed by atoms with Gasteiger partial charge >= 0.3 is 6.09 Å². The maximum atomic E-state index is 12.1. The van der Waals surface area contributed by atoms with Crippen LogP contribution in [0.25, 0.3) is 11.2 Å². The molecule has 2 aromatic heterocycles. The van der Waals surface area contributed by atoms with Gasteiger partial charge < -0.3 is 19.9 Å². The molecule has 1 amide bonds. The molecule has 0 atom stereocenters. The van der Waals surface area contributed by atoms with Crippen LogP contribution in [0.2, 0.25) is 0 Å². The summed E-state index contributed by atoms with van der Waals surface area (Å²) in [6.45, 7) is 2.95. The summed E-state index contributed by atoms with van der Waals surface area (Å²) in [5, 5.41) is 0. The predicted octanol–water partition coefficient (Wildman–Crippen LogP) is 0.351. The molecule has 3 rings (SSSR count). The minimum absolute atomic E-state index is 0.0996. The average molecular weight is 317 g/mol. The molecule has 0 bridgehead atoms. The summed E-state index contributed by atoms with van der Waals surface area (Å²) in [5.41, 5.74) is 6.22. The van der Waals surface area contributed by atoms with Gasteiger partial charge in [0.05, 0.1) is 11.7 Å². The monoisotopic (exact) mass is 317 g/mol. The van der Waals surface area contributed by atoms with E-state index in [0.717, 1.165) is 38.0 Å². The second kappa shape index (κ2) is 6.74. The van der Waals surface area contributed by atoms with Crippen LogP contribution in [0.3, 0.4) is 0 Å². The van der Waals surface area contributed by atoms with E-state index in [1.54, 1.807) is 16.8 Å². The number of primary amides is 1. The number of fused-ring (bicyclic) bond motifs is 1. The van der Waals surface area contributed by atoms with Crippen LogP contribution < -0.4 is 11.3 Å². The lowest BCUT2D eigenvalue weighted by Crippen LogP contribution is -2.40. The number of amides is 1. The summed E-state index contributed by atoms with van der Waals surface area (Å²) in [6, 6.07) is 3.65. The number of piperidine rings is 1. The van der Waals surface area contributed by atoms with Crippen molar-refractivity contribution in [1.82, 2.24) is 19.4 Å². The van der Waals surface area contributed by atoms with E-state index in [1.165, 1.54) is 6.20 Å². The van der Waals surface area contributed by atoms with E-state index in [0.29, 0.717) is 12.2 Å². The van der Waals surface area contributed by atoms with Crippen molar-refractivity contribution in [2.24, 2.45) is 5.73 Å². The number of nitrogens with zero attached hydrogens (tertiary/aromatic N) is 4. The molecular weight excluding hydrogens is 298 g/mol. The second-order valence-corrected chi connectivity index (χ2v) is 5.57. The zero-order valence-electron chi connectivity index (χ0n) is 12.7. The number of rotatable bonds is 4. The molecule has 1 fully saturated rings. The fourth-order valence-corrected chi connectivity index (χ4v) is 2.89. The molecule has 23 heavy (non-hydrogen) atoms. The summed E-state index contributed by atoms with van der Waals surface area (Å²) in [4.78, 5) is 33.3. The van der Waals surface area contributed by atoms with Gasteiger partial charge in [0.2, 0.25) is 0 Å². The minimum Gasteiger partial charge on any atom is -0.446 e. The molecule has 122 valence electrons. The highest BCUT2D eigenvalue weighted by Crippen LogP contribution is 2.14. The molecule has 1 saturated heterocycles. The van der Waals surface area contributed by atoms with Gasteiger partial charge in [-0.2, -0.15) is 0 Å². The number of carbonyl (C=O) groups is 1. The van der Waals surface area contributed by atoms with Crippen molar-refractivity contribution < 1.29 is 9.53 Å². The Kier molecular flexibility index (Phi) is 4.52. The van der Waals surface area contributed by atoms with Crippen LogP contribution in [-0.4, -0.2) is 51.3 Å². The lowest BCUT2D eigenvalue weighted by Gasteiger charge is -2.31. The SMILES string of the molecule is NC(=O)OC1CCN(CCn2c(=O)cnc3ncccc32)CC1. The van der Waals surface area contributed by atoms with Gasteiger partial charge in [-0.3, -0.25) is 4.79 Å². The first-order valence-corrected chi connectivity index (χ1v) is 7.62. The Morgan fingerprint density at radius 3 is 2.83 bits per heavy atom. The van der Waals surface area contributed by atoms with E-state index in [4.69, 9.17) is 10.5 Å². The molecule has 0 unspecified atom stereocenters. The smallest absolute Gasteiger partial charge is 0.404 e. The van der Waals surface area contributed by atoms with Crippen molar-refractivity contribution in [2.45, 2.75) is 25.5 Å². The van der Waals surface area contributed by atoms with Gasteiger partial charge in [-0.15, -0.1) is 0 Å². The summed E-state index contributed by atoms with van der Waals surface area (Å²) in [5.74, 6) is 0. The van der Waals surface area contributed by atoms with E-state index < -0.39 is 6.09 Å². The zero-order valence-corrected chi connectivity index (χ0v) is 12.7. The first kappa shape index (κ1) is 15.4. The van der Waals surface area contributed by atoms with Crippen LogP contribution in [0.1, 0.15) is 12.8 Å².